The number of hydrazone groups is 1. The van der Waals surface area contributed by atoms with Crippen molar-refractivity contribution in [2.75, 3.05) is 6.61 Å². The molecular formula is C24H19BrN4O2. The van der Waals surface area contributed by atoms with Crippen LogP contribution in [0.15, 0.2) is 101 Å². The number of benzene rings is 3. The van der Waals surface area contributed by atoms with Gasteiger partial charge in [-0.3, -0.25) is 4.79 Å². The Morgan fingerprint density at radius 1 is 1.00 bits per heavy atom. The Balaban J connectivity index is 1.47. The highest BCUT2D eigenvalue weighted by Gasteiger charge is 2.11. The highest BCUT2D eigenvalue weighted by Crippen LogP contribution is 2.22. The lowest BCUT2D eigenvalue weighted by atomic mass is 10.1. The van der Waals surface area contributed by atoms with E-state index < -0.39 is 0 Å². The predicted octanol–water partition coefficient (Wildman–Crippen LogP) is 4.83. The van der Waals surface area contributed by atoms with Gasteiger partial charge in [0.25, 0.3) is 5.91 Å². The molecule has 0 fully saturated rings. The summed E-state index contributed by atoms with van der Waals surface area (Å²) in [6.07, 6.45) is 3.47. The van der Waals surface area contributed by atoms with Gasteiger partial charge < -0.3 is 4.74 Å². The third kappa shape index (κ3) is 5.46. The lowest BCUT2D eigenvalue weighted by Crippen LogP contribution is -2.24. The Morgan fingerprint density at radius 2 is 1.68 bits per heavy atom. The molecule has 0 aliphatic heterocycles. The lowest BCUT2D eigenvalue weighted by molar-refractivity contribution is -0.123. The first kappa shape index (κ1) is 20.6. The summed E-state index contributed by atoms with van der Waals surface area (Å²) < 4.78 is 8.19. The molecule has 4 rings (SSSR count). The second-order valence-electron chi connectivity index (χ2n) is 6.61. The standard InChI is InChI=1S/C24H19BrN4O2/c25-20-11-13-22(14-12-20)31-17-23(30)27-26-15-19-16-29(21-9-5-2-6-10-21)28-24(19)18-7-3-1-4-8-18/h1-16H,17H2,(H,27,30). The summed E-state index contributed by atoms with van der Waals surface area (Å²) >= 11 is 3.36. The highest BCUT2D eigenvalue weighted by molar-refractivity contribution is 9.10. The summed E-state index contributed by atoms with van der Waals surface area (Å²) in [5.74, 6) is 0.258. The van der Waals surface area contributed by atoms with Crippen molar-refractivity contribution in [3.8, 4) is 22.7 Å². The lowest BCUT2D eigenvalue weighted by Gasteiger charge is -2.04. The van der Waals surface area contributed by atoms with Crippen molar-refractivity contribution in [1.82, 2.24) is 15.2 Å². The summed E-state index contributed by atoms with van der Waals surface area (Å²) in [7, 11) is 0. The van der Waals surface area contributed by atoms with Gasteiger partial charge in [-0.15, -0.1) is 0 Å². The third-order valence-corrected chi connectivity index (χ3v) is 4.92. The zero-order chi connectivity index (χ0) is 21.5. The van der Waals surface area contributed by atoms with Gasteiger partial charge in [-0.25, -0.2) is 10.1 Å². The first-order chi connectivity index (χ1) is 15.2. The van der Waals surface area contributed by atoms with Crippen LogP contribution >= 0.6 is 15.9 Å². The summed E-state index contributed by atoms with van der Waals surface area (Å²) in [6.45, 7) is -0.131. The van der Waals surface area contributed by atoms with Crippen molar-refractivity contribution in [2.45, 2.75) is 0 Å². The molecule has 3 aromatic carbocycles. The number of rotatable bonds is 7. The maximum Gasteiger partial charge on any atom is 0.277 e. The minimum Gasteiger partial charge on any atom is -0.484 e. The van der Waals surface area contributed by atoms with Crippen LogP contribution in [0.1, 0.15) is 5.56 Å². The molecule has 1 amide bonds. The largest absolute Gasteiger partial charge is 0.484 e. The van der Waals surface area contributed by atoms with Gasteiger partial charge in [-0.05, 0) is 36.4 Å². The van der Waals surface area contributed by atoms with Gasteiger partial charge in [0.05, 0.1) is 11.9 Å². The van der Waals surface area contributed by atoms with Crippen LogP contribution in [0.3, 0.4) is 0 Å². The van der Waals surface area contributed by atoms with E-state index in [-0.39, 0.29) is 12.5 Å². The molecule has 0 atom stereocenters. The fourth-order valence-electron chi connectivity index (χ4n) is 2.90. The monoisotopic (exact) mass is 474 g/mol. The Morgan fingerprint density at radius 3 is 2.39 bits per heavy atom. The van der Waals surface area contributed by atoms with E-state index in [1.807, 2.05) is 79.0 Å². The van der Waals surface area contributed by atoms with Gasteiger partial charge in [-0.2, -0.15) is 10.2 Å². The number of aromatic nitrogens is 2. The zero-order valence-electron chi connectivity index (χ0n) is 16.5. The molecule has 0 bridgehead atoms. The van der Waals surface area contributed by atoms with Crippen LogP contribution < -0.4 is 10.2 Å². The minimum atomic E-state index is -0.351. The van der Waals surface area contributed by atoms with Crippen molar-refractivity contribution in [3.05, 3.63) is 101 Å². The van der Waals surface area contributed by atoms with Gasteiger partial charge >= 0.3 is 0 Å². The molecule has 154 valence electrons. The number of nitrogens with zero attached hydrogens (tertiary/aromatic N) is 3. The third-order valence-electron chi connectivity index (χ3n) is 4.39. The molecule has 1 heterocycles. The molecule has 4 aromatic rings. The van der Waals surface area contributed by atoms with Crippen LogP contribution in [0.25, 0.3) is 16.9 Å². The first-order valence-corrected chi connectivity index (χ1v) is 10.4. The molecule has 0 saturated carbocycles. The average molecular weight is 475 g/mol. The Kier molecular flexibility index (Phi) is 6.54. The van der Waals surface area contributed by atoms with Crippen LogP contribution in [0, 0.1) is 0 Å². The van der Waals surface area contributed by atoms with E-state index in [1.165, 1.54) is 0 Å². The number of halogens is 1. The Labute approximate surface area is 188 Å². The molecular weight excluding hydrogens is 456 g/mol. The summed E-state index contributed by atoms with van der Waals surface area (Å²) in [6, 6.07) is 26.9. The van der Waals surface area contributed by atoms with Crippen LogP contribution in [-0.2, 0) is 4.79 Å². The SMILES string of the molecule is O=C(COc1ccc(Br)cc1)NN=Cc1cn(-c2ccccc2)nc1-c1ccccc1. The fourth-order valence-corrected chi connectivity index (χ4v) is 3.17. The van der Waals surface area contributed by atoms with E-state index in [0.29, 0.717) is 5.75 Å². The highest BCUT2D eigenvalue weighted by atomic mass is 79.9. The van der Waals surface area contributed by atoms with E-state index in [9.17, 15) is 4.79 Å². The summed E-state index contributed by atoms with van der Waals surface area (Å²) in [5.41, 5.74) is 5.95. The number of amides is 1. The molecule has 0 aliphatic rings. The number of carbonyl (C=O) groups excluding carboxylic acids is 1. The van der Waals surface area contributed by atoms with E-state index in [2.05, 4.69) is 26.5 Å². The summed E-state index contributed by atoms with van der Waals surface area (Å²) in [5, 5.41) is 8.81. The number of para-hydroxylation sites is 1. The average Bonchev–Trinajstić information content (AvgIpc) is 3.24. The number of hydrogen-bond donors (Lipinski definition) is 1. The molecule has 6 nitrogen and oxygen atoms in total. The smallest absolute Gasteiger partial charge is 0.277 e. The molecule has 0 spiro atoms. The second kappa shape index (κ2) is 9.86. The molecule has 7 heteroatoms. The zero-order valence-corrected chi connectivity index (χ0v) is 18.1. The van der Waals surface area contributed by atoms with Crippen LogP contribution in [0.2, 0.25) is 0 Å². The van der Waals surface area contributed by atoms with Gasteiger partial charge in [0.15, 0.2) is 6.61 Å². The maximum absolute atomic E-state index is 12.1. The molecule has 1 aromatic heterocycles. The fraction of sp³-hybridized carbons (Fsp3) is 0.0417. The van der Waals surface area contributed by atoms with E-state index in [1.54, 1.807) is 23.0 Å². The topological polar surface area (TPSA) is 68.5 Å². The first-order valence-electron chi connectivity index (χ1n) is 9.60. The summed E-state index contributed by atoms with van der Waals surface area (Å²) in [4.78, 5) is 12.1. The normalized spacial score (nSPS) is 10.9. The van der Waals surface area contributed by atoms with Crippen molar-refractivity contribution in [3.63, 3.8) is 0 Å². The van der Waals surface area contributed by atoms with E-state index in [0.717, 1.165) is 27.0 Å². The van der Waals surface area contributed by atoms with Crippen LogP contribution in [0.5, 0.6) is 5.75 Å². The number of nitrogens with one attached hydrogen (secondary N) is 1. The van der Waals surface area contributed by atoms with Crippen molar-refractivity contribution in [1.29, 1.82) is 0 Å². The second-order valence-corrected chi connectivity index (χ2v) is 7.53. The van der Waals surface area contributed by atoms with E-state index in [4.69, 9.17) is 9.84 Å². The minimum absolute atomic E-state index is 0.131. The predicted molar refractivity (Wildman–Crippen MR) is 124 cm³/mol. The number of hydrogen-bond acceptors (Lipinski definition) is 4. The molecule has 0 saturated heterocycles. The van der Waals surface area contributed by atoms with E-state index >= 15 is 0 Å². The molecule has 0 radical (unpaired) electrons. The molecule has 31 heavy (non-hydrogen) atoms. The van der Waals surface area contributed by atoms with Gasteiger partial charge in [0, 0.05) is 21.8 Å². The molecule has 0 unspecified atom stereocenters. The number of ether oxygens (including phenoxy) is 1. The van der Waals surface area contributed by atoms with Crippen molar-refractivity contribution in [2.24, 2.45) is 5.10 Å². The number of carbonyl (C=O) groups is 1. The van der Waals surface area contributed by atoms with Gasteiger partial charge in [0.2, 0.25) is 0 Å². The van der Waals surface area contributed by atoms with Crippen molar-refractivity contribution < 1.29 is 9.53 Å². The molecule has 0 aliphatic carbocycles. The quantitative estimate of drug-likeness (QED) is 0.308. The Bertz CT molecular complexity index is 1170. The van der Waals surface area contributed by atoms with Crippen LogP contribution in [-0.4, -0.2) is 28.5 Å². The maximum atomic E-state index is 12.1. The van der Waals surface area contributed by atoms with Gasteiger partial charge in [-0.1, -0.05) is 64.5 Å². The van der Waals surface area contributed by atoms with Gasteiger partial charge in [0.1, 0.15) is 11.4 Å². The Hall–Kier alpha value is -3.71. The van der Waals surface area contributed by atoms with Crippen LogP contribution in [0.4, 0.5) is 0 Å². The molecule has 1 N–H and O–H groups in total. The van der Waals surface area contributed by atoms with Crippen molar-refractivity contribution >= 4 is 28.1 Å².